The predicted molar refractivity (Wildman–Crippen MR) is 65.3 cm³/mol. The summed E-state index contributed by atoms with van der Waals surface area (Å²) in [6.07, 6.45) is 0. The molecule has 0 fully saturated rings. The summed E-state index contributed by atoms with van der Waals surface area (Å²) in [5.74, 6) is -3.56. The highest BCUT2D eigenvalue weighted by molar-refractivity contribution is 5.99. The lowest BCUT2D eigenvalue weighted by Crippen LogP contribution is -2.16. The molecule has 4 nitrogen and oxygen atoms in total. The van der Waals surface area contributed by atoms with Gasteiger partial charge in [0, 0.05) is 6.07 Å². The Kier molecular flexibility index (Phi) is 3.79. The maximum Gasteiger partial charge on any atom is 0.176 e. The molecule has 0 heterocycles. The van der Waals surface area contributed by atoms with Gasteiger partial charge in [-0.1, -0.05) is 11.2 Å². The number of nitrogens with two attached hydrogens (primary N) is 1. The van der Waals surface area contributed by atoms with Gasteiger partial charge in [-0.25, -0.2) is 13.2 Å². The molecule has 2 aromatic rings. The minimum absolute atomic E-state index is 0.0542. The fourth-order valence-electron chi connectivity index (χ4n) is 1.56. The Morgan fingerprint density at radius 3 is 2.45 bits per heavy atom. The third kappa shape index (κ3) is 2.66. The van der Waals surface area contributed by atoms with Crippen molar-refractivity contribution < 1.29 is 23.1 Å². The van der Waals surface area contributed by atoms with Crippen molar-refractivity contribution in [2.24, 2.45) is 10.9 Å². The second-order valence-electron chi connectivity index (χ2n) is 3.78. The molecule has 0 aliphatic heterocycles. The van der Waals surface area contributed by atoms with Crippen LogP contribution in [0.2, 0.25) is 0 Å². The quantitative estimate of drug-likeness (QED) is 0.393. The molecular formula is C13H9F3N2O2. The highest BCUT2D eigenvalue weighted by Crippen LogP contribution is 2.28. The van der Waals surface area contributed by atoms with Gasteiger partial charge in [0.2, 0.25) is 0 Å². The molecule has 0 amide bonds. The fourth-order valence-corrected chi connectivity index (χ4v) is 1.56. The van der Waals surface area contributed by atoms with Crippen LogP contribution in [0.25, 0.3) is 0 Å². The Labute approximate surface area is 111 Å². The maximum atomic E-state index is 13.6. The van der Waals surface area contributed by atoms with Crippen molar-refractivity contribution in [3.8, 4) is 11.5 Å². The molecule has 0 radical (unpaired) electrons. The molecule has 20 heavy (non-hydrogen) atoms. The molecule has 0 saturated carbocycles. The summed E-state index contributed by atoms with van der Waals surface area (Å²) in [7, 11) is 0. The van der Waals surface area contributed by atoms with Crippen LogP contribution in [0.5, 0.6) is 11.5 Å². The van der Waals surface area contributed by atoms with Gasteiger partial charge in [0.25, 0.3) is 0 Å². The minimum atomic E-state index is -1.11. The molecule has 0 saturated heterocycles. The lowest BCUT2D eigenvalue weighted by molar-refractivity contribution is 0.318. The van der Waals surface area contributed by atoms with Gasteiger partial charge >= 0.3 is 0 Å². The molecule has 0 atom stereocenters. The molecule has 3 N–H and O–H groups in total. The van der Waals surface area contributed by atoms with Gasteiger partial charge in [-0.2, -0.15) is 0 Å². The second-order valence-corrected chi connectivity index (χ2v) is 3.78. The second kappa shape index (κ2) is 5.52. The number of halogens is 3. The van der Waals surface area contributed by atoms with E-state index in [0.717, 1.165) is 18.2 Å². The molecule has 0 unspecified atom stereocenters. The summed E-state index contributed by atoms with van der Waals surface area (Å²) in [5.41, 5.74) is 5.07. The van der Waals surface area contributed by atoms with E-state index in [1.807, 2.05) is 0 Å². The van der Waals surface area contributed by atoms with E-state index in [0.29, 0.717) is 0 Å². The van der Waals surface area contributed by atoms with Crippen LogP contribution in [0.4, 0.5) is 13.2 Å². The van der Waals surface area contributed by atoms with E-state index in [2.05, 4.69) is 5.16 Å². The minimum Gasteiger partial charge on any atom is -0.456 e. The van der Waals surface area contributed by atoms with E-state index < -0.39 is 23.3 Å². The van der Waals surface area contributed by atoms with Crippen LogP contribution >= 0.6 is 0 Å². The van der Waals surface area contributed by atoms with Gasteiger partial charge in [0.15, 0.2) is 17.5 Å². The first-order valence-electron chi connectivity index (χ1n) is 5.42. The Morgan fingerprint density at radius 2 is 1.80 bits per heavy atom. The first-order valence-corrected chi connectivity index (χ1v) is 5.42. The van der Waals surface area contributed by atoms with Crippen LogP contribution in [0.1, 0.15) is 5.56 Å². The van der Waals surface area contributed by atoms with Crippen molar-refractivity contribution in [2.75, 3.05) is 0 Å². The highest BCUT2D eigenvalue weighted by Gasteiger charge is 2.15. The lowest BCUT2D eigenvalue weighted by Gasteiger charge is -2.11. The average Bonchev–Trinajstić information content (AvgIpc) is 2.42. The van der Waals surface area contributed by atoms with E-state index in [4.69, 9.17) is 15.7 Å². The zero-order chi connectivity index (χ0) is 14.7. The SMILES string of the molecule is NC(=NO)c1c(F)cccc1Oc1ccc(F)c(F)c1. The van der Waals surface area contributed by atoms with Crippen LogP contribution in [-0.4, -0.2) is 11.0 Å². The number of rotatable bonds is 3. The Balaban J connectivity index is 2.43. The summed E-state index contributed by atoms with van der Waals surface area (Å²) in [6.45, 7) is 0. The largest absolute Gasteiger partial charge is 0.456 e. The van der Waals surface area contributed by atoms with Crippen LogP contribution in [0.15, 0.2) is 41.6 Å². The highest BCUT2D eigenvalue weighted by atomic mass is 19.2. The third-order valence-corrected chi connectivity index (χ3v) is 2.46. The zero-order valence-corrected chi connectivity index (χ0v) is 9.98. The van der Waals surface area contributed by atoms with Gasteiger partial charge in [-0.05, 0) is 24.3 Å². The van der Waals surface area contributed by atoms with E-state index in [1.165, 1.54) is 18.2 Å². The van der Waals surface area contributed by atoms with E-state index in [1.54, 1.807) is 0 Å². The van der Waals surface area contributed by atoms with Crippen molar-refractivity contribution in [3.63, 3.8) is 0 Å². The smallest absolute Gasteiger partial charge is 0.176 e. The summed E-state index contributed by atoms with van der Waals surface area (Å²) in [6, 6.07) is 6.60. The van der Waals surface area contributed by atoms with Gasteiger partial charge in [-0.15, -0.1) is 0 Å². The van der Waals surface area contributed by atoms with Crippen molar-refractivity contribution >= 4 is 5.84 Å². The maximum absolute atomic E-state index is 13.6. The molecule has 0 aliphatic carbocycles. The van der Waals surface area contributed by atoms with Gasteiger partial charge < -0.3 is 15.7 Å². The molecule has 2 aromatic carbocycles. The zero-order valence-electron chi connectivity index (χ0n) is 9.98. The van der Waals surface area contributed by atoms with Crippen molar-refractivity contribution in [1.29, 1.82) is 0 Å². The number of nitrogens with zero attached hydrogens (tertiary/aromatic N) is 1. The van der Waals surface area contributed by atoms with Gasteiger partial charge in [0.1, 0.15) is 17.3 Å². The Morgan fingerprint density at radius 1 is 1.05 bits per heavy atom. The van der Waals surface area contributed by atoms with E-state index in [-0.39, 0.29) is 17.1 Å². The van der Waals surface area contributed by atoms with E-state index >= 15 is 0 Å². The molecular weight excluding hydrogens is 273 g/mol. The summed E-state index contributed by atoms with van der Waals surface area (Å²) >= 11 is 0. The molecule has 0 bridgehead atoms. The van der Waals surface area contributed by atoms with Crippen LogP contribution in [0, 0.1) is 17.5 Å². The fraction of sp³-hybridized carbons (Fsp3) is 0. The Bertz CT molecular complexity index is 675. The summed E-state index contributed by atoms with van der Waals surface area (Å²) in [5, 5.41) is 11.3. The van der Waals surface area contributed by atoms with Crippen molar-refractivity contribution in [3.05, 3.63) is 59.4 Å². The van der Waals surface area contributed by atoms with Gasteiger partial charge in [0.05, 0.1) is 5.56 Å². The van der Waals surface area contributed by atoms with Crippen LogP contribution in [0.3, 0.4) is 0 Å². The molecule has 0 aliphatic rings. The number of oxime groups is 1. The van der Waals surface area contributed by atoms with Gasteiger partial charge in [-0.3, -0.25) is 0 Å². The topological polar surface area (TPSA) is 67.8 Å². The number of benzene rings is 2. The normalized spacial score (nSPS) is 11.4. The van der Waals surface area contributed by atoms with E-state index in [9.17, 15) is 13.2 Å². The Hall–Kier alpha value is -2.70. The predicted octanol–water partition coefficient (Wildman–Crippen LogP) is 2.99. The number of amidine groups is 1. The molecule has 0 spiro atoms. The first-order chi connectivity index (χ1) is 9.52. The average molecular weight is 282 g/mol. The lowest BCUT2D eigenvalue weighted by atomic mass is 10.1. The molecule has 104 valence electrons. The third-order valence-electron chi connectivity index (χ3n) is 2.46. The number of hydrogen-bond donors (Lipinski definition) is 2. The standard InChI is InChI=1S/C13H9F3N2O2/c14-8-5-4-7(6-10(8)16)20-11-3-1-2-9(15)12(11)13(17)18-19/h1-6,19H,(H2,17,18). The van der Waals surface area contributed by atoms with Crippen molar-refractivity contribution in [2.45, 2.75) is 0 Å². The molecule has 7 heteroatoms. The number of ether oxygens (including phenoxy) is 1. The van der Waals surface area contributed by atoms with Crippen molar-refractivity contribution in [1.82, 2.24) is 0 Å². The molecule has 0 aromatic heterocycles. The van der Waals surface area contributed by atoms with Crippen LogP contribution < -0.4 is 10.5 Å². The van der Waals surface area contributed by atoms with Crippen LogP contribution in [-0.2, 0) is 0 Å². The monoisotopic (exact) mass is 282 g/mol. The summed E-state index contributed by atoms with van der Waals surface area (Å²) in [4.78, 5) is 0. The first kappa shape index (κ1) is 13.7. The number of hydrogen-bond acceptors (Lipinski definition) is 3. The molecule has 2 rings (SSSR count). The summed E-state index contributed by atoms with van der Waals surface area (Å²) < 4.78 is 44.7.